The van der Waals surface area contributed by atoms with Gasteiger partial charge in [-0.3, -0.25) is 4.90 Å². The van der Waals surface area contributed by atoms with Crippen LogP contribution in [0.25, 0.3) is 0 Å². The molecule has 2 fully saturated rings. The predicted octanol–water partition coefficient (Wildman–Crippen LogP) is 3.51. The first-order valence-electron chi connectivity index (χ1n) is 9.26. The number of amides is 2. The maximum atomic E-state index is 12.4. The largest absolute Gasteiger partial charge is 0.496 e. The number of hydrogen-bond acceptors (Lipinski definition) is 3. The lowest BCUT2D eigenvalue weighted by atomic mass is 9.96. The van der Waals surface area contributed by atoms with E-state index < -0.39 is 0 Å². The summed E-state index contributed by atoms with van der Waals surface area (Å²) in [7, 11) is 1.68. The van der Waals surface area contributed by atoms with Crippen LogP contribution in [0.2, 0.25) is 5.02 Å². The summed E-state index contributed by atoms with van der Waals surface area (Å²) in [6.45, 7) is 4.06. The summed E-state index contributed by atoms with van der Waals surface area (Å²) in [6, 6.07) is 6.19. The Labute approximate surface area is 155 Å². The molecule has 0 spiro atoms. The van der Waals surface area contributed by atoms with Crippen LogP contribution in [0.3, 0.4) is 0 Å². The second-order valence-electron chi connectivity index (χ2n) is 7.00. The number of carbonyl (C=O) groups excluding carboxylic acids is 1. The first-order valence-corrected chi connectivity index (χ1v) is 9.63. The van der Waals surface area contributed by atoms with Gasteiger partial charge in [0, 0.05) is 49.4 Å². The number of benzene rings is 1. The van der Waals surface area contributed by atoms with E-state index in [2.05, 4.69) is 10.2 Å². The summed E-state index contributed by atoms with van der Waals surface area (Å²) >= 11 is 6.11. The van der Waals surface area contributed by atoms with E-state index in [1.807, 2.05) is 23.1 Å². The molecule has 0 atom stereocenters. The SMILES string of the molecule is COc1ccc(Cl)cc1CN1CCN(C(=O)NC2CCCCC2)CC1. The van der Waals surface area contributed by atoms with Crippen molar-refractivity contribution in [1.82, 2.24) is 15.1 Å². The minimum absolute atomic E-state index is 0.104. The molecule has 1 heterocycles. The Balaban J connectivity index is 1.48. The normalized spacial score (nSPS) is 19.7. The fourth-order valence-corrected chi connectivity index (χ4v) is 3.93. The minimum Gasteiger partial charge on any atom is -0.496 e. The van der Waals surface area contributed by atoms with Gasteiger partial charge in [0.2, 0.25) is 0 Å². The number of methoxy groups -OCH3 is 1. The molecule has 1 aliphatic carbocycles. The third-order valence-electron chi connectivity index (χ3n) is 5.23. The molecule has 138 valence electrons. The van der Waals surface area contributed by atoms with Crippen molar-refractivity contribution in [3.05, 3.63) is 28.8 Å². The maximum absolute atomic E-state index is 12.4. The highest BCUT2D eigenvalue weighted by atomic mass is 35.5. The molecule has 1 N–H and O–H groups in total. The molecule has 1 aromatic rings. The van der Waals surface area contributed by atoms with Crippen molar-refractivity contribution in [3.63, 3.8) is 0 Å². The van der Waals surface area contributed by atoms with Gasteiger partial charge in [0.25, 0.3) is 0 Å². The molecule has 1 aliphatic heterocycles. The van der Waals surface area contributed by atoms with Crippen LogP contribution in [0.1, 0.15) is 37.7 Å². The van der Waals surface area contributed by atoms with E-state index in [0.717, 1.165) is 61.9 Å². The second-order valence-corrected chi connectivity index (χ2v) is 7.44. The van der Waals surface area contributed by atoms with Crippen molar-refractivity contribution in [2.45, 2.75) is 44.7 Å². The summed E-state index contributed by atoms with van der Waals surface area (Å²) in [5.74, 6) is 0.863. The Hall–Kier alpha value is -1.46. The van der Waals surface area contributed by atoms with E-state index >= 15 is 0 Å². The number of piperazine rings is 1. The van der Waals surface area contributed by atoms with Crippen LogP contribution in [0.4, 0.5) is 4.79 Å². The number of carbonyl (C=O) groups is 1. The Kier molecular flexibility index (Phi) is 6.43. The van der Waals surface area contributed by atoms with Crippen LogP contribution in [0.5, 0.6) is 5.75 Å². The molecule has 5 nitrogen and oxygen atoms in total. The molecule has 25 heavy (non-hydrogen) atoms. The van der Waals surface area contributed by atoms with Gasteiger partial charge < -0.3 is 15.0 Å². The number of nitrogens with one attached hydrogen (secondary N) is 1. The fourth-order valence-electron chi connectivity index (χ4n) is 3.73. The van der Waals surface area contributed by atoms with E-state index in [1.54, 1.807) is 7.11 Å². The monoisotopic (exact) mass is 365 g/mol. The van der Waals surface area contributed by atoms with Gasteiger partial charge in [0.15, 0.2) is 0 Å². The highest BCUT2D eigenvalue weighted by Crippen LogP contribution is 2.24. The topological polar surface area (TPSA) is 44.8 Å². The molecule has 2 aliphatic rings. The summed E-state index contributed by atoms with van der Waals surface area (Å²) in [5.41, 5.74) is 1.09. The van der Waals surface area contributed by atoms with Crippen molar-refractivity contribution in [2.75, 3.05) is 33.3 Å². The lowest BCUT2D eigenvalue weighted by Gasteiger charge is -2.36. The zero-order valence-corrected chi connectivity index (χ0v) is 15.7. The van der Waals surface area contributed by atoms with Crippen molar-refractivity contribution >= 4 is 17.6 Å². The highest BCUT2D eigenvalue weighted by molar-refractivity contribution is 6.30. The van der Waals surface area contributed by atoms with E-state index in [9.17, 15) is 4.79 Å². The van der Waals surface area contributed by atoms with Gasteiger partial charge in [-0.25, -0.2) is 4.79 Å². The molecule has 1 saturated heterocycles. The van der Waals surface area contributed by atoms with Crippen molar-refractivity contribution in [2.24, 2.45) is 0 Å². The first kappa shape index (κ1) is 18.3. The van der Waals surface area contributed by atoms with E-state index in [4.69, 9.17) is 16.3 Å². The van der Waals surface area contributed by atoms with Gasteiger partial charge in [0.05, 0.1) is 7.11 Å². The average Bonchev–Trinajstić information content (AvgIpc) is 2.63. The molecule has 0 radical (unpaired) electrons. The lowest BCUT2D eigenvalue weighted by Crippen LogP contribution is -2.53. The molecule has 3 rings (SSSR count). The fraction of sp³-hybridized carbons (Fsp3) is 0.632. The smallest absolute Gasteiger partial charge is 0.317 e. The Morgan fingerprint density at radius 3 is 2.60 bits per heavy atom. The molecule has 2 amide bonds. The number of ether oxygens (including phenoxy) is 1. The quantitative estimate of drug-likeness (QED) is 0.888. The molecule has 0 unspecified atom stereocenters. The predicted molar refractivity (Wildman–Crippen MR) is 100 cm³/mol. The summed E-state index contributed by atoms with van der Waals surface area (Å²) < 4.78 is 5.43. The minimum atomic E-state index is 0.104. The Bertz CT molecular complexity index is 582. The molecule has 0 bridgehead atoms. The average molecular weight is 366 g/mol. The third-order valence-corrected chi connectivity index (χ3v) is 5.46. The maximum Gasteiger partial charge on any atom is 0.317 e. The third kappa shape index (κ3) is 5.02. The molecular weight excluding hydrogens is 338 g/mol. The van der Waals surface area contributed by atoms with Gasteiger partial charge in [-0.05, 0) is 31.0 Å². The summed E-state index contributed by atoms with van der Waals surface area (Å²) in [5, 5.41) is 3.93. The van der Waals surface area contributed by atoms with Crippen LogP contribution in [0.15, 0.2) is 18.2 Å². The van der Waals surface area contributed by atoms with Gasteiger partial charge >= 0.3 is 6.03 Å². The number of halogens is 1. The number of nitrogens with zero attached hydrogens (tertiary/aromatic N) is 2. The van der Waals surface area contributed by atoms with Crippen LogP contribution in [-0.2, 0) is 6.54 Å². The Morgan fingerprint density at radius 1 is 1.20 bits per heavy atom. The van der Waals surface area contributed by atoms with Gasteiger partial charge in [-0.2, -0.15) is 0 Å². The highest BCUT2D eigenvalue weighted by Gasteiger charge is 2.24. The number of rotatable bonds is 4. The van der Waals surface area contributed by atoms with Crippen LogP contribution < -0.4 is 10.1 Å². The van der Waals surface area contributed by atoms with Crippen molar-refractivity contribution in [1.29, 1.82) is 0 Å². The van der Waals surface area contributed by atoms with E-state index in [-0.39, 0.29) is 6.03 Å². The molecular formula is C19H28ClN3O2. The number of hydrogen-bond donors (Lipinski definition) is 1. The first-order chi connectivity index (χ1) is 12.2. The Morgan fingerprint density at radius 2 is 1.92 bits per heavy atom. The zero-order chi connectivity index (χ0) is 17.6. The van der Waals surface area contributed by atoms with Gasteiger partial charge in [-0.15, -0.1) is 0 Å². The van der Waals surface area contributed by atoms with E-state index in [1.165, 1.54) is 19.3 Å². The van der Waals surface area contributed by atoms with Crippen LogP contribution >= 0.6 is 11.6 Å². The van der Waals surface area contributed by atoms with Crippen molar-refractivity contribution < 1.29 is 9.53 Å². The van der Waals surface area contributed by atoms with E-state index in [0.29, 0.717) is 6.04 Å². The standard InChI is InChI=1S/C19H28ClN3O2/c1-25-18-8-7-16(20)13-15(18)14-22-9-11-23(12-10-22)19(24)21-17-5-3-2-4-6-17/h7-8,13,17H,2-6,9-12,14H2,1H3,(H,21,24). The van der Waals surface area contributed by atoms with Gasteiger partial charge in [-0.1, -0.05) is 30.9 Å². The molecule has 1 saturated carbocycles. The van der Waals surface area contributed by atoms with Crippen molar-refractivity contribution in [3.8, 4) is 5.75 Å². The molecule has 0 aromatic heterocycles. The molecule has 1 aromatic carbocycles. The summed E-state index contributed by atoms with van der Waals surface area (Å²) in [4.78, 5) is 16.7. The summed E-state index contributed by atoms with van der Waals surface area (Å²) in [6.07, 6.45) is 6.03. The van der Waals surface area contributed by atoms with Crippen LogP contribution in [0, 0.1) is 0 Å². The zero-order valence-electron chi connectivity index (χ0n) is 15.0. The van der Waals surface area contributed by atoms with Crippen LogP contribution in [-0.4, -0.2) is 55.2 Å². The lowest BCUT2D eigenvalue weighted by molar-refractivity contribution is 0.131. The second kappa shape index (κ2) is 8.77. The van der Waals surface area contributed by atoms with Gasteiger partial charge in [0.1, 0.15) is 5.75 Å². The number of urea groups is 1. The molecule has 6 heteroatoms.